The molecule has 1 fully saturated rings. The Balaban J connectivity index is 1.58. The molecule has 2 aliphatic heterocycles. The number of ether oxygens (including phenoxy) is 2. The number of nitro groups is 1. The Bertz CT molecular complexity index is 1140. The monoisotopic (exact) mass is 452 g/mol. The van der Waals surface area contributed by atoms with Crippen LogP contribution in [-0.4, -0.2) is 46.4 Å². The average Bonchev–Trinajstić information content (AvgIpc) is 3.11. The van der Waals surface area contributed by atoms with Crippen molar-refractivity contribution in [1.82, 2.24) is 4.90 Å². The first-order valence-electron chi connectivity index (χ1n) is 10.8. The van der Waals surface area contributed by atoms with Crippen LogP contribution in [0.2, 0.25) is 0 Å². The van der Waals surface area contributed by atoms with E-state index < -0.39 is 4.92 Å². The molecule has 0 spiro atoms. The maximum Gasteiger partial charge on any atom is 0.310 e. The maximum atomic E-state index is 12.9. The molecule has 0 aromatic heterocycles. The minimum absolute atomic E-state index is 0.00333. The predicted molar refractivity (Wildman–Crippen MR) is 119 cm³/mol. The molecular weight excluding hydrogens is 428 g/mol. The number of benzene rings is 2. The van der Waals surface area contributed by atoms with Gasteiger partial charge in [-0.3, -0.25) is 24.6 Å². The Morgan fingerprint density at radius 1 is 1.36 bits per heavy atom. The van der Waals surface area contributed by atoms with Gasteiger partial charge in [-0.25, -0.2) is 0 Å². The molecule has 0 bridgehead atoms. The highest BCUT2D eigenvalue weighted by atomic mass is 16.6. The number of nitro benzene ring substituents is 1. The van der Waals surface area contributed by atoms with E-state index >= 15 is 0 Å². The van der Waals surface area contributed by atoms with Gasteiger partial charge in [-0.05, 0) is 50.1 Å². The number of allylic oxidation sites excluding steroid dienone is 1. The standard InChI is InChI=1S/C24H24N2O7/c1-2-32-24(29)16-6-4-10-25(13-16)14-19-20(27)9-8-18-22(28)21(33-23(18)19)12-15-5-3-7-17(11-15)26(30)31/h3,5,7-9,11-12,16,27H,2,4,6,10,13-14H2,1H3/b21-12-. The number of nitrogens with zero attached hydrogens (tertiary/aromatic N) is 2. The number of rotatable bonds is 6. The van der Waals surface area contributed by atoms with Gasteiger partial charge in [0.25, 0.3) is 5.69 Å². The van der Waals surface area contributed by atoms with E-state index in [9.17, 15) is 24.8 Å². The van der Waals surface area contributed by atoms with E-state index in [2.05, 4.69) is 0 Å². The largest absolute Gasteiger partial charge is 0.507 e. The molecule has 2 aliphatic rings. The third-order valence-electron chi connectivity index (χ3n) is 5.80. The lowest BCUT2D eigenvalue weighted by atomic mass is 9.97. The van der Waals surface area contributed by atoms with Crippen LogP contribution >= 0.6 is 0 Å². The second kappa shape index (κ2) is 9.41. The van der Waals surface area contributed by atoms with Crippen molar-refractivity contribution in [3.63, 3.8) is 0 Å². The van der Waals surface area contributed by atoms with Gasteiger partial charge in [0, 0.05) is 25.2 Å². The van der Waals surface area contributed by atoms with E-state index in [0.29, 0.717) is 36.4 Å². The quantitative estimate of drug-likeness (QED) is 0.305. The van der Waals surface area contributed by atoms with Crippen molar-refractivity contribution in [1.29, 1.82) is 0 Å². The molecule has 2 aromatic carbocycles. The molecule has 9 nitrogen and oxygen atoms in total. The molecule has 0 aliphatic carbocycles. The van der Waals surface area contributed by atoms with Crippen molar-refractivity contribution in [3.8, 4) is 11.5 Å². The van der Waals surface area contributed by atoms with Crippen LogP contribution in [0.3, 0.4) is 0 Å². The number of aromatic hydroxyl groups is 1. The summed E-state index contributed by atoms with van der Waals surface area (Å²) in [6.45, 7) is 3.65. The fourth-order valence-electron chi connectivity index (χ4n) is 4.20. The van der Waals surface area contributed by atoms with Crippen molar-refractivity contribution in [2.45, 2.75) is 26.3 Å². The van der Waals surface area contributed by atoms with E-state index in [1.54, 1.807) is 13.0 Å². The Labute approximate surface area is 190 Å². The first-order valence-corrected chi connectivity index (χ1v) is 10.8. The van der Waals surface area contributed by atoms with E-state index in [-0.39, 0.29) is 40.6 Å². The van der Waals surface area contributed by atoms with E-state index in [4.69, 9.17) is 9.47 Å². The molecular formula is C24H24N2O7. The maximum absolute atomic E-state index is 12.9. The van der Waals surface area contributed by atoms with Gasteiger partial charge in [0.1, 0.15) is 11.5 Å². The zero-order valence-electron chi connectivity index (χ0n) is 18.2. The molecule has 0 radical (unpaired) electrons. The number of likely N-dealkylation sites (tertiary alicyclic amines) is 1. The average molecular weight is 452 g/mol. The fourth-order valence-corrected chi connectivity index (χ4v) is 4.20. The molecule has 172 valence electrons. The van der Waals surface area contributed by atoms with Gasteiger partial charge >= 0.3 is 5.97 Å². The predicted octanol–water partition coefficient (Wildman–Crippen LogP) is 3.69. The Hall–Kier alpha value is -3.72. The van der Waals surface area contributed by atoms with Crippen LogP contribution in [0.5, 0.6) is 11.5 Å². The van der Waals surface area contributed by atoms with Gasteiger partial charge < -0.3 is 14.6 Å². The minimum atomic E-state index is -0.508. The molecule has 9 heteroatoms. The molecule has 1 N–H and O–H groups in total. The molecule has 1 saturated heterocycles. The van der Waals surface area contributed by atoms with Crippen LogP contribution in [0.25, 0.3) is 6.08 Å². The first kappa shape index (κ1) is 22.5. The fraction of sp³-hybridized carbons (Fsp3) is 0.333. The van der Waals surface area contributed by atoms with Gasteiger partial charge in [-0.15, -0.1) is 0 Å². The van der Waals surface area contributed by atoms with Gasteiger partial charge in [0.05, 0.1) is 28.6 Å². The Kier molecular flexibility index (Phi) is 6.41. The summed E-state index contributed by atoms with van der Waals surface area (Å²) in [5.41, 5.74) is 1.15. The van der Waals surface area contributed by atoms with Crippen molar-refractivity contribution in [2.24, 2.45) is 5.92 Å². The molecule has 0 saturated carbocycles. The molecule has 1 unspecified atom stereocenters. The Morgan fingerprint density at radius 3 is 2.94 bits per heavy atom. The Morgan fingerprint density at radius 2 is 2.18 bits per heavy atom. The summed E-state index contributed by atoms with van der Waals surface area (Å²) >= 11 is 0. The van der Waals surface area contributed by atoms with Crippen molar-refractivity contribution >= 4 is 23.5 Å². The number of non-ortho nitro benzene ring substituents is 1. The van der Waals surface area contributed by atoms with Crippen LogP contribution < -0.4 is 4.74 Å². The summed E-state index contributed by atoms with van der Waals surface area (Å²) in [7, 11) is 0. The SMILES string of the molecule is CCOC(=O)C1CCCN(Cc2c(O)ccc3c2O/C(=C\c2cccc([N+](=O)[O-])c2)C3=O)C1. The summed E-state index contributed by atoms with van der Waals surface area (Å²) in [6, 6.07) is 8.85. The number of phenols is 1. The van der Waals surface area contributed by atoms with E-state index in [1.807, 2.05) is 4.90 Å². The van der Waals surface area contributed by atoms with Crippen molar-refractivity contribution in [2.75, 3.05) is 19.7 Å². The number of carbonyl (C=O) groups is 2. The smallest absolute Gasteiger partial charge is 0.310 e. The first-order chi connectivity index (χ1) is 15.9. The normalized spacial score (nSPS) is 19.2. The van der Waals surface area contributed by atoms with Gasteiger partial charge in [0.2, 0.25) is 5.78 Å². The van der Waals surface area contributed by atoms with Crippen LogP contribution in [-0.2, 0) is 16.1 Å². The summed E-state index contributed by atoms with van der Waals surface area (Å²) in [6.07, 6.45) is 3.02. The van der Waals surface area contributed by atoms with Crippen LogP contribution in [0.4, 0.5) is 5.69 Å². The molecule has 33 heavy (non-hydrogen) atoms. The number of Topliss-reactive ketones (excluding diaryl/α,β-unsaturated/α-hetero) is 1. The number of ketones is 1. The zero-order chi connectivity index (χ0) is 23.5. The number of fused-ring (bicyclic) bond motifs is 1. The lowest BCUT2D eigenvalue weighted by Gasteiger charge is -2.31. The third kappa shape index (κ3) is 4.73. The number of carbonyl (C=O) groups excluding carboxylic acids is 2. The number of hydrogen-bond acceptors (Lipinski definition) is 8. The third-order valence-corrected chi connectivity index (χ3v) is 5.80. The van der Waals surface area contributed by atoms with Crippen LogP contribution in [0, 0.1) is 16.0 Å². The van der Waals surface area contributed by atoms with E-state index in [0.717, 1.165) is 19.4 Å². The lowest BCUT2D eigenvalue weighted by molar-refractivity contribution is -0.384. The topological polar surface area (TPSA) is 119 Å². The van der Waals surface area contributed by atoms with E-state index in [1.165, 1.54) is 36.4 Å². The summed E-state index contributed by atoms with van der Waals surface area (Å²) in [5.74, 6) is -0.518. The molecule has 0 amide bonds. The summed E-state index contributed by atoms with van der Waals surface area (Å²) in [4.78, 5) is 37.6. The number of esters is 1. The highest BCUT2D eigenvalue weighted by molar-refractivity contribution is 6.15. The van der Waals surface area contributed by atoms with Gasteiger partial charge in [-0.1, -0.05) is 12.1 Å². The number of hydrogen-bond donors (Lipinski definition) is 1. The molecule has 2 heterocycles. The summed E-state index contributed by atoms with van der Waals surface area (Å²) < 4.78 is 11.0. The minimum Gasteiger partial charge on any atom is -0.507 e. The molecule has 2 aromatic rings. The highest BCUT2D eigenvalue weighted by Gasteiger charge is 2.33. The number of phenolic OH excluding ortho intramolecular Hbond substituents is 1. The molecule has 4 rings (SSSR count). The summed E-state index contributed by atoms with van der Waals surface area (Å²) in [5, 5.41) is 21.6. The second-order valence-electron chi connectivity index (χ2n) is 8.06. The second-order valence-corrected chi connectivity index (χ2v) is 8.06. The van der Waals surface area contributed by atoms with Crippen LogP contribution in [0.1, 0.15) is 41.3 Å². The lowest BCUT2D eigenvalue weighted by Crippen LogP contribution is -2.39. The molecule has 1 atom stereocenters. The highest BCUT2D eigenvalue weighted by Crippen LogP contribution is 2.40. The number of piperidine rings is 1. The van der Waals surface area contributed by atoms with Crippen molar-refractivity contribution in [3.05, 3.63) is 69.0 Å². The zero-order valence-corrected chi connectivity index (χ0v) is 18.2. The van der Waals surface area contributed by atoms with Gasteiger partial charge in [0.15, 0.2) is 5.76 Å². The van der Waals surface area contributed by atoms with Gasteiger partial charge in [-0.2, -0.15) is 0 Å². The van der Waals surface area contributed by atoms with Crippen molar-refractivity contribution < 1.29 is 29.1 Å². The van der Waals surface area contributed by atoms with Crippen LogP contribution in [0.15, 0.2) is 42.2 Å².